The lowest BCUT2D eigenvalue weighted by atomic mass is 10.1. The molecule has 0 fully saturated rings. The van der Waals surface area contributed by atoms with Crippen LogP contribution >= 0.6 is 0 Å². The molecule has 1 N–H and O–H groups in total. The lowest BCUT2D eigenvalue weighted by molar-refractivity contribution is -0.120. The highest BCUT2D eigenvalue weighted by Crippen LogP contribution is 2.19. The minimum absolute atomic E-state index is 0.00252. The van der Waals surface area contributed by atoms with Gasteiger partial charge in [0.15, 0.2) is 0 Å². The number of methoxy groups -OCH3 is 1. The quantitative estimate of drug-likeness (QED) is 0.712. The number of nitrogens with one attached hydrogen (secondary N) is 1. The number of aromatic nitrogens is 2. The minimum Gasteiger partial charge on any atom is -0.497 e. The van der Waals surface area contributed by atoms with Crippen LogP contribution in [0.2, 0.25) is 0 Å². The maximum Gasteiger partial charge on any atom is 0.224 e. The van der Waals surface area contributed by atoms with Gasteiger partial charge in [-0.2, -0.15) is 0 Å². The van der Waals surface area contributed by atoms with Crippen molar-refractivity contribution in [3.05, 3.63) is 72.1 Å². The molecule has 5 nitrogen and oxygen atoms in total. The molecule has 5 heteroatoms. The fourth-order valence-corrected chi connectivity index (χ4v) is 2.90. The maximum absolute atomic E-state index is 12.2. The maximum atomic E-state index is 12.2. The van der Waals surface area contributed by atoms with Gasteiger partial charge in [0.05, 0.1) is 13.5 Å². The van der Waals surface area contributed by atoms with Crippen LogP contribution in [0.3, 0.4) is 0 Å². The molecule has 0 saturated carbocycles. The number of imidazole rings is 1. The number of hydrogen-bond donors (Lipinski definition) is 1. The molecule has 0 aliphatic rings. The largest absolute Gasteiger partial charge is 0.497 e. The van der Waals surface area contributed by atoms with E-state index in [2.05, 4.69) is 14.9 Å². The van der Waals surface area contributed by atoms with Gasteiger partial charge < -0.3 is 14.6 Å². The van der Waals surface area contributed by atoms with Crippen LogP contribution in [0.1, 0.15) is 11.3 Å². The Morgan fingerprint density at radius 3 is 2.73 bits per heavy atom. The van der Waals surface area contributed by atoms with Crippen molar-refractivity contribution >= 4 is 5.91 Å². The monoisotopic (exact) mass is 349 g/mol. The Morgan fingerprint density at radius 1 is 1.15 bits per heavy atom. The van der Waals surface area contributed by atoms with Crippen LogP contribution in [0.25, 0.3) is 11.4 Å². The van der Waals surface area contributed by atoms with E-state index in [1.54, 1.807) is 7.11 Å². The zero-order valence-electron chi connectivity index (χ0n) is 15.1. The van der Waals surface area contributed by atoms with Crippen LogP contribution in [0.15, 0.2) is 60.8 Å². The van der Waals surface area contributed by atoms with Crippen molar-refractivity contribution in [2.45, 2.75) is 19.9 Å². The molecular formula is C21H23N3O2. The average Bonchev–Trinajstić information content (AvgIpc) is 3.03. The Bertz CT molecular complexity index is 872. The summed E-state index contributed by atoms with van der Waals surface area (Å²) in [4.78, 5) is 16.7. The molecular weight excluding hydrogens is 326 g/mol. The Hall–Kier alpha value is -3.08. The lowest BCUT2D eigenvalue weighted by Crippen LogP contribution is -2.29. The van der Waals surface area contributed by atoms with Gasteiger partial charge in [0, 0.05) is 30.5 Å². The molecule has 134 valence electrons. The number of amides is 1. The van der Waals surface area contributed by atoms with Gasteiger partial charge >= 0.3 is 0 Å². The molecule has 3 rings (SSSR count). The summed E-state index contributed by atoms with van der Waals surface area (Å²) in [6, 6.07) is 17.6. The van der Waals surface area contributed by atoms with E-state index in [1.165, 1.54) is 0 Å². The van der Waals surface area contributed by atoms with E-state index in [4.69, 9.17) is 4.74 Å². The van der Waals surface area contributed by atoms with E-state index in [1.807, 2.05) is 67.7 Å². The molecule has 0 bridgehead atoms. The number of carbonyl (C=O) groups excluding carboxylic acids is 1. The van der Waals surface area contributed by atoms with Crippen molar-refractivity contribution in [1.82, 2.24) is 14.9 Å². The standard InChI is InChI=1S/C21H23N3O2/c1-16-15-23-21(18-8-4-3-5-9-18)24(16)12-11-22-20(25)14-17-7-6-10-19(13-17)26-2/h3-10,13,15H,11-12,14H2,1-2H3,(H,22,25). The SMILES string of the molecule is COc1cccc(CC(=O)NCCn2c(C)cnc2-c2ccccc2)c1. The summed E-state index contributed by atoms with van der Waals surface area (Å²) in [7, 11) is 1.62. The third kappa shape index (κ3) is 4.30. The van der Waals surface area contributed by atoms with E-state index in [-0.39, 0.29) is 5.91 Å². The molecule has 1 aromatic heterocycles. The molecule has 0 saturated heterocycles. The Kier molecular flexibility index (Phi) is 5.69. The predicted molar refractivity (Wildman–Crippen MR) is 102 cm³/mol. The summed E-state index contributed by atoms with van der Waals surface area (Å²) in [6.07, 6.45) is 2.20. The van der Waals surface area contributed by atoms with Crippen LogP contribution in [-0.4, -0.2) is 29.1 Å². The second-order valence-electron chi connectivity index (χ2n) is 6.12. The van der Waals surface area contributed by atoms with Gasteiger partial charge in [0.25, 0.3) is 0 Å². The van der Waals surface area contributed by atoms with Crippen molar-refractivity contribution in [2.24, 2.45) is 0 Å². The average molecular weight is 349 g/mol. The minimum atomic E-state index is -0.00252. The van der Waals surface area contributed by atoms with Crippen LogP contribution in [-0.2, 0) is 17.8 Å². The van der Waals surface area contributed by atoms with E-state index in [0.717, 1.165) is 28.4 Å². The van der Waals surface area contributed by atoms with E-state index in [9.17, 15) is 4.79 Å². The fourth-order valence-electron chi connectivity index (χ4n) is 2.90. The molecule has 0 aliphatic carbocycles. The van der Waals surface area contributed by atoms with Crippen molar-refractivity contribution in [3.8, 4) is 17.1 Å². The number of carbonyl (C=O) groups is 1. The first kappa shape index (κ1) is 17.7. The molecule has 0 aliphatic heterocycles. The molecule has 2 aromatic carbocycles. The third-order valence-corrected chi connectivity index (χ3v) is 4.24. The fraction of sp³-hybridized carbons (Fsp3) is 0.238. The van der Waals surface area contributed by atoms with Crippen molar-refractivity contribution in [1.29, 1.82) is 0 Å². The molecule has 3 aromatic rings. The number of aryl methyl sites for hydroxylation is 1. The van der Waals surface area contributed by atoms with Crippen molar-refractivity contribution in [3.63, 3.8) is 0 Å². The lowest BCUT2D eigenvalue weighted by Gasteiger charge is -2.11. The summed E-state index contributed by atoms with van der Waals surface area (Å²) in [5.41, 5.74) is 3.08. The molecule has 1 amide bonds. The van der Waals surface area contributed by atoms with Gasteiger partial charge in [-0.1, -0.05) is 42.5 Å². The second-order valence-corrected chi connectivity index (χ2v) is 6.12. The zero-order chi connectivity index (χ0) is 18.4. The third-order valence-electron chi connectivity index (χ3n) is 4.24. The van der Waals surface area contributed by atoms with Gasteiger partial charge in [0.2, 0.25) is 5.91 Å². The normalized spacial score (nSPS) is 10.5. The first-order valence-electron chi connectivity index (χ1n) is 8.64. The summed E-state index contributed by atoms with van der Waals surface area (Å²) in [6.45, 7) is 3.26. The van der Waals surface area contributed by atoms with Crippen LogP contribution in [0, 0.1) is 6.92 Å². The second kappa shape index (κ2) is 8.34. The van der Waals surface area contributed by atoms with E-state index >= 15 is 0 Å². The highest BCUT2D eigenvalue weighted by atomic mass is 16.5. The number of hydrogen-bond acceptors (Lipinski definition) is 3. The number of nitrogens with zero attached hydrogens (tertiary/aromatic N) is 2. The molecule has 0 unspecified atom stereocenters. The summed E-state index contributed by atoms with van der Waals surface area (Å²) >= 11 is 0. The highest BCUT2D eigenvalue weighted by molar-refractivity contribution is 5.78. The van der Waals surface area contributed by atoms with E-state index in [0.29, 0.717) is 19.5 Å². The van der Waals surface area contributed by atoms with Crippen LogP contribution < -0.4 is 10.1 Å². The van der Waals surface area contributed by atoms with Crippen molar-refractivity contribution < 1.29 is 9.53 Å². The predicted octanol–water partition coefficient (Wildman–Crippen LogP) is 3.23. The van der Waals surface area contributed by atoms with Gasteiger partial charge in [-0.05, 0) is 24.6 Å². The van der Waals surface area contributed by atoms with Crippen molar-refractivity contribution in [2.75, 3.05) is 13.7 Å². The summed E-state index contributed by atoms with van der Waals surface area (Å²) in [5.74, 6) is 1.68. The van der Waals surface area contributed by atoms with Crippen LogP contribution in [0.5, 0.6) is 5.75 Å². The van der Waals surface area contributed by atoms with Gasteiger partial charge in [-0.15, -0.1) is 0 Å². The van der Waals surface area contributed by atoms with E-state index < -0.39 is 0 Å². The summed E-state index contributed by atoms with van der Waals surface area (Å²) < 4.78 is 7.32. The van der Waals surface area contributed by atoms with Gasteiger partial charge in [-0.25, -0.2) is 4.98 Å². The smallest absolute Gasteiger partial charge is 0.224 e. The van der Waals surface area contributed by atoms with Gasteiger partial charge in [0.1, 0.15) is 11.6 Å². The first-order valence-corrected chi connectivity index (χ1v) is 8.64. The van der Waals surface area contributed by atoms with Crippen LogP contribution in [0.4, 0.5) is 0 Å². The topological polar surface area (TPSA) is 56.1 Å². The molecule has 0 atom stereocenters. The molecule has 1 heterocycles. The number of benzene rings is 2. The highest BCUT2D eigenvalue weighted by Gasteiger charge is 2.10. The molecule has 26 heavy (non-hydrogen) atoms. The molecule has 0 radical (unpaired) electrons. The Morgan fingerprint density at radius 2 is 1.96 bits per heavy atom. The first-order chi connectivity index (χ1) is 12.7. The summed E-state index contributed by atoms with van der Waals surface area (Å²) in [5, 5.41) is 2.98. The van der Waals surface area contributed by atoms with Gasteiger partial charge in [-0.3, -0.25) is 4.79 Å². The Labute approximate surface area is 153 Å². The number of ether oxygens (including phenoxy) is 1. The zero-order valence-corrected chi connectivity index (χ0v) is 15.1. The number of rotatable bonds is 7. The Balaban J connectivity index is 1.58. The molecule has 0 spiro atoms.